The molecule has 0 fully saturated rings. The maximum absolute atomic E-state index is 11.8. The van der Waals surface area contributed by atoms with E-state index in [9.17, 15) is 9.59 Å². The maximum Gasteiger partial charge on any atom is 0.248 e. The number of nitrogens with one attached hydrogen (secondary N) is 2. The molecule has 1 aliphatic rings. The van der Waals surface area contributed by atoms with Crippen LogP contribution >= 0.6 is 0 Å². The molecule has 1 aliphatic heterocycles. The number of carbonyl (C=O) groups excluding carboxylic acids is 2. The summed E-state index contributed by atoms with van der Waals surface area (Å²) in [6.07, 6.45) is 0.949. The van der Waals surface area contributed by atoms with Crippen LogP contribution < -0.4 is 10.7 Å². The van der Waals surface area contributed by atoms with Crippen LogP contribution in [0.5, 0.6) is 0 Å². The number of hydrogen-bond donors (Lipinski definition) is 2. The Morgan fingerprint density at radius 3 is 2.60 bits per heavy atom. The molecule has 0 saturated carbocycles. The largest absolute Gasteiger partial charge is 0.356 e. The first-order valence-electron chi connectivity index (χ1n) is 6.72. The van der Waals surface area contributed by atoms with Crippen molar-refractivity contribution in [2.45, 2.75) is 26.7 Å². The van der Waals surface area contributed by atoms with E-state index in [1.54, 1.807) is 0 Å². The van der Waals surface area contributed by atoms with Crippen LogP contribution in [0.1, 0.15) is 24.5 Å². The van der Waals surface area contributed by atoms with E-state index in [-0.39, 0.29) is 17.7 Å². The minimum absolute atomic E-state index is 0.0261. The van der Waals surface area contributed by atoms with Crippen LogP contribution in [0.2, 0.25) is 0 Å². The number of benzene rings is 1. The lowest BCUT2D eigenvalue weighted by atomic mass is 10.0. The summed E-state index contributed by atoms with van der Waals surface area (Å²) in [7, 11) is 0. The second-order valence-electron chi connectivity index (χ2n) is 5.08. The Hall–Kier alpha value is -2.17. The van der Waals surface area contributed by atoms with E-state index in [0.29, 0.717) is 19.4 Å². The molecule has 1 atom stereocenters. The van der Waals surface area contributed by atoms with Crippen LogP contribution in [0.25, 0.3) is 0 Å². The van der Waals surface area contributed by atoms with Crippen molar-refractivity contribution in [2.75, 3.05) is 6.54 Å². The molecule has 0 unspecified atom stereocenters. The van der Waals surface area contributed by atoms with Gasteiger partial charge in [-0.15, -0.1) is 0 Å². The molecular weight excluding hydrogens is 254 g/mol. The topological polar surface area (TPSA) is 70.6 Å². The molecule has 1 aromatic rings. The molecule has 2 N–H and O–H groups in total. The van der Waals surface area contributed by atoms with Gasteiger partial charge in [0.2, 0.25) is 11.8 Å². The predicted octanol–water partition coefficient (Wildman–Crippen LogP) is 1.17. The van der Waals surface area contributed by atoms with Crippen LogP contribution in [-0.2, 0) is 16.0 Å². The Labute approximate surface area is 118 Å². The third-order valence-electron chi connectivity index (χ3n) is 3.40. The Morgan fingerprint density at radius 2 is 2.00 bits per heavy atom. The van der Waals surface area contributed by atoms with E-state index >= 15 is 0 Å². The van der Waals surface area contributed by atoms with E-state index in [4.69, 9.17) is 0 Å². The first-order chi connectivity index (χ1) is 9.56. The van der Waals surface area contributed by atoms with Crippen molar-refractivity contribution in [1.82, 2.24) is 10.7 Å². The summed E-state index contributed by atoms with van der Waals surface area (Å²) in [5, 5.41) is 6.72. The molecule has 0 aromatic heterocycles. The van der Waals surface area contributed by atoms with Crippen molar-refractivity contribution in [1.29, 1.82) is 0 Å². The van der Waals surface area contributed by atoms with Gasteiger partial charge >= 0.3 is 0 Å². The summed E-state index contributed by atoms with van der Waals surface area (Å²) in [5.74, 6) is -0.327. The van der Waals surface area contributed by atoms with Crippen LogP contribution in [0.15, 0.2) is 29.4 Å². The Balaban J connectivity index is 1.74. The van der Waals surface area contributed by atoms with Gasteiger partial charge in [-0.05, 0) is 25.8 Å². The fraction of sp³-hybridized carbons (Fsp3) is 0.400. The summed E-state index contributed by atoms with van der Waals surface area (Å²) in [5.41, 5.74) is 5.39. The minimum atomic E-state index is -0.213. The molecule has 0 aliphatic carbocycles. The van der Waals surface area contributed by atoms with Crippen molar-refractivity contribution in [2.24, 2.45) is 11.0 Å². The molecule has 0 saturated heterocycles. The first kappa shape index (κ1) is 14.2. The Kier molecular flexibility index (Phi) is 4.50. The van der Waals surface area contributed by atoms with Crippen LogP contribution in [0.3, 0.4) is 0 Å². The molecule has 2 amide bonds. The molecule has 2 rings (SSSR count). The number of hydrazone groups is 1. The van der Waals surface area contributed by atoms with Crippen LogP contribution in [0.4, 0.5) is 0 Å². The van der Waals surface area contributed by atoms with Gasteiger partial charge in [0.25, 0.3) is 0 Å². The zero-order valence-corrected chi connectivity index (χ0v) is 11.8. The zero-order chi connectivity index (χ0) is 14.5. The monoisotopic (exact) mass is 273 g/mol. The summed E-state index contributed by atoms with van der Waals surface area (Å²) < 4.78 is 0. The van der Waals surface area contributed by atoms with E-state index in [0.717, 1.165) is 11.3 Å². The molecule has 106 valence electrons. The second-order valence-corrected chi connectivity index (χ2v) is 5.08. The lowest BCUT2D eigenvalue weighted by Gasteiger charge is -2.09. The SMILES string of the molecule is CC1=NNC(=O)[C@@H]1CCNC(=O)Cc1ccc(C)cc1. The standard InChI is InChI=1S/C15H19N3O2/c1-10-3-5-12(6-4-10)9-14(19)16-8-7-13-11(2)17-18-15(13)20/h3-6,13H,7-9H2,1-2H3,(H,16,19)(H,18,20)/t13-/m1/s1. The average molecular weight is 273 g/mol. The number of carbonyl (C=O) groups is 2. The highest BCUT2D eigenvalue weighted by atomic mass is 16.2. The van der Waals surface area contributed by atoms with E-state index in [2.05, 4.69) is 15.8 Å². The van der Waals surface area contributed by atoms with Crippen molar-refractivity contribution < 1.29 is 9.59 Å². The van der Waals surface area contributed by atoms with Gasteiger partial charge in [-0.2, -0.15) is 5.10 Å². The lowest BCUT2D eigenvalue weighted by Crippen LogP contribution is -2.31. The van der Waals surface area contributed by atoms with E-state index < -0.39 is 0 Å². The number of aryl methyl sites for hydroxylation is 1. The highest BCUT2D eigenvalue weighted by Gasteiger charge is 2.26. The molecule has 0 spiro atoms. The molecule has 5 nitrogen and oxygen atoms in total. The minimum Gasteiger partial charge on any atom is -0.356 e. The third-order valence-corrected chi connectivity index (χ3v) is 3.40. The average Bonchev–Trinajstić information content (AvgIpc) is 2.73. The van der Waals surface area contributed by atoms with Gasteiger partial charge in [-0.25, -0.2) is 5.43 Å². The van der Waals surface area contributed by atoms with Gasteiger partial charge in [-0.1, -0.05) is 29.8 Å². The van der Waals surface area contributed by atoms with Gasteiger partial charge in [0.1, 0.15) is 0 Å². The summed E-state index contributed by atoms with van der Waals surface area (Å²) in [6.45, 7) is 4.31. The molecule has 20 heavy (non-hydrogen) atoms. The Bertz CT molecular complexity index is 535. The highest BCUT2D eigenvalue weighted by molar-refractivity contribution is 6.06. The van der Waals surface area contributed by atoms with Gasteiger partial charge < -0.3 is 5.32 Å². The first-order valence-corrected chi connectivity index (χ1v) is 6.72. The number of hydrogen-bond acceptors (Lipinski definition) is 3. The third kappa shape index (κ3) is 3.66. The van der Waals surface area contributed by atoms with Crippen LogP contribution in [-0.4, -0.2) is 24.1 Å². The fourth-order valence-electron chi connectivity index (χ4n) is 2.14. The van der Waals surface area contributed by atoms with Gasteiger partial charge in [0, 0.05) is 12.3 Å². The summed E-state index contributed by atoms with van der Waals surface area (Å²) >= 11 is 0. The van der Waals surface area contributed by atoms with Gasteiger partial charge in [0.15, 0.2) is 0 Å². The fourth-order valence-corrected chi connectivity index (χ4v) is 2.14. The van der Waals surface area contributed by atoms with Crippen molar-refractivity contribution >= 4 is 17.5 Å². The highest BCUT2D eigenvalue weighted by Crippen LogP contribution is 2.10. The molecule has 5 heteroatoms. The number of nitrogens with zero attached hydrogens (tertiary/aromatic N) is 1. The molecule has 0 bridgehead atoms. The van der Waals surface area contributed by atoms with Crippen molar-refractivity contribution in [3.8, 4) is 0 Å². The van der Waals surface area contributed by atoms with Gasteiger partial charge in [-0.3, -0.25) is 9.59 Å². The van der Waals surface area contributed by atoms with E-state index in [1.807, 2.05) is 38.1 Å². The summed E-state index contributed by atoms with van der Waals surface area (Å²) in [4.78, 5) is 23.2. The quantitative estimate of drug-likeness (QED) is 0.845. The van der Waals surface area contributed by atoms with Crippen molar-refractivity contribution in [3.05, 3.63) is 35.4 Å². The second kappa shape index (κ2) is 6.32. The molecular formula is C15H19N3O2. The lowest BCUT2D eigenvalue weighted by molar-refractivity contribution is -0.123. The normalized spacial score (nSPS) is 17.6. The molecule has 1 aromatic carbocycles. The Morgan fingerprint density at radius 1 is 1.30 bits per heavy atom. The van der Waals surface area contributed by atoms with Gasteiger partial charge in [0.05, 0.1) is 12.3 Å². The van der Waals surface area contributed by atoms with Crippen molar-refractivity contribution in [3.63, 3.8) is 0 Å². The van der Waals surface area contributed by atoms with E-state index in [1.165, 1.54) is 5.56 Å². The number of rotatable bonds is 5. The molecule has 1 heterocycles. The predicted molar refractivity (Wildman–Crippen MR) is 77.3 cm³/mol. The molecule has 0 radical (unpaired) electrons. The zero-order valence-electron chi connectivity index (χ0n) is 11.8. The number of amides is 2. The van der Waals surface area contributed by atoms with Crippen LogP contribution in [0, 0.1) is 12.8 Å². The smallest absolute Gasteiger partial charge is 0.248 e. The summed E-state index contributed by atoms with van der Waals surface area (Å²) in [6, 6.07) is 7.89. The maximum atomic E-state index is 11.8.